The van der Waals surface area contributed by atoms with Gasteiger partial charge in [0.2, 0.25) is 0 Å². The molecule has 4 nitrogen and oxygen atoms in total. The molecule has 2 amide bonds. The van der Waals surface area contributed by atoms with Crippen molar-refractivity contribution in [2.24, 2.45) is 0 Å². The molecule has 0 aromatic heterocycles. The van der Waals surface area contributed by atoms with Crippen LogP contribution in [0.5, 0.6) is 0 Å². The number of aliphatic hydroxyl groups is 1. The van der Waals surface area contributed by atoms with Gasteiger partial charge in [0.15, 0.2) is 0 Å². The van der Waals surface area contributed by atoms with Gasteiger partial charge in [-0.2, -0.15) is 0 Å². The van der Waals surface area contributed by atoms with Gasteiger partial charge >= 0.3 is 6.03 Å². The zero-order valence-corrected chi connectivity index (χ0v) is 13.2. The van der Waals surface area contributed by atoms with E-state index in [0.717, 1.165) is 35.7 Å². The van der Waals surface area contributed by atoms with Crippen LogP contribution in [-0.2, 0) is 0 Å². The third-order valence-corrected chi connectivity index (χ3v) is 4.22. The number of aliphatic hydroxyl groups excluding tert-OH is 1. The van der Waals surface area contributed by atoms with Crippen LogP contribution in [0.1, 0.15) is 44.2 Å². The maximum Gasteiger partial charge on any atom is 0.315 e. The molecule has 1 unspecified atom stereocenters. The van der Waals surface area contributed by atoms with E-state index in [-0.39, 0.29) is 24.2 Å². The largest absolute Gasteiger partial charge is 0.393 e. The summed E-state index contributed by atoms with van der Waals surface area (Å²) < 4.78 is 1.00. The van der Waals surface area contributed by atoms with E-state index in [2.05, 4.69) is 26.6 Å². The van der Waals surface area contributed by atoms with Gasteiger partial charge in [-0.05, 0) is 50.3 Å². The van der Waals surface area contributed by atoms with Crippen LogP contribution in [0.15, 0.2) is 28.7 Å². The van der Waals surface area contributed by atoms with Crippen molar-refractivity contribution in [2.75, 3.05) is 0 Å². The molecule has 1 atom stereocenters. The highest BCUT2D eigenvalue weighted by Crippen LogP contribution is 2.19. The molecule has 1 aromatic carbocycles. The van der Waals surface area contributed by atoms with Crippen molar-refractivity contribution >= 4 is 22.0 Å². The molecular weight excluding hydrogens is 320 g/mol. The third kappa shape index (κ3) is 4.49. The first-order chi connectivity index (χ1) is 9.54. The van der Waals surface area contributed by atoms with E-state index >= 15 is 0 Å². The summed E-state index contributed by atoms with van der Waals surface area (Å²) in [6.07, 6.45) is 3.04. The van der Waals surface area contributed by atoms with Gasteiger partial charge in [0.05, 0.1) is 12.1 Å². The number of carbonyl (C=O) groups is 1. The van der Waals surface area contributed by atoms with Crippen molar-refractivity contribution in [3.8, 4) is 0 Å². The fraction of sp³-hybridized carbons (Fsp3) is 0.533. The Morgan fingerprint density at radius 2 is 2.05 bits per heavy atom. The summed E-state index contributed by atoms with van der Waals surface area (Å²) in [6.45, 7) is 1.96. The van der Waals surface area contributed by atoms with Crippen molar-refractivity contribution in [1.82, 2.24) is 10.6 Å². The normalized spacial score (nSPS) is 23.9. The molecule has 5 heteroatoms. The summed E-state index contributed by atoms with van der Waals surface area (Å²) in [5, 5.41) is 15.4. The lowest BCUT2D eigenvalue weighted by Crippen LogP contribution is -2.44. The van der Waals surface area contributed by atoms with Crippen LogP contribution in [-0.4, -0.2) is 23.3 Å². The average Bonchev–Trinajstić information content (AvgIpc) is 2.41. The predicted molar refractivity (Wildman–Crippen MR) is 82.5 cm³/mol. The Morgan fingerprint density at radius 1 is 1.35 bits per heavy atom. The van der Waals surface area contributed by atoms with Crippen molar-refractivity contribution in [3.05, 3.63) is 34.3 Å². The number of halogens is 1. The molecule has 20 heavy (non-hydrogen) atoms. The van der Waals surface area contributed by atoms with Crippen molar-refractivity contribution in [3.63, 3.8) is 0 Å². The summed E-state index contributed by atoms with van der Waals surface area (Å²) in [5.41, 5.74) is 1.06. The van der Waals surface area contributed by atoms with Gasteiger partial charge in [0, 0.05) is 10.5 Å². The number of nitrogens with one attached hydrogen (secondary N) is 2. The maximum atomic E-state index is 12.0. The lowest BCUT2D eigenvalue weighted by Gasteiger charge is -2.27. The molecule has 110 valence electrons. The van der Waals surface area contributed by atoms with Crippen LogP contribution in [0.4, 0.5) is 4.79 Å². The lowest BCUT2D eigenvalue weighted by atomic mass is 9.93. The molecule has 0 heterocycles. The first kappa shape index (κ1) is 15.3. The molecule has 0 aliphatic heterocycles. The Labute approximate surface area is 128 Å². The second-order valence-corrected chi connectivity index (χ2v) is 6.32. The lowest BCUT2D eigenvalue weighted by molar-refractivity contribution is 0.117. The minimum Gasteiger partial charge on any atom is -0.393 e. The highest BCUT2D eigenvalue weighted by molar-refractivity contribution is 9.10. The summed E-state index contributed by atoms with van der Waals surface area (Å²) in [5.74, 6) is 0. The van der Waals surface area contributed by atoms with E-state index < -0.39 is 0 Å². The highest BCUT2D eigenvalue weighted by atomic mass is 79.9. The van der Waals surface area contributed by atoms with E-state index in [1.807, 2.05) is 31.2 Å². The molecule has 1 aromatic rings. The average molecular weight is 341 g/mol. The summed E-state index contributed by atoms with van der Waals surface area (Å²) in [6, 6.07) is 7.91. The zero-order chi connectivity index (χ0) is 14.5. The van der Waals surface area contributed by atoms with Gasteiger partial charge in [-0.3, -0.25) is 0 Å². The van der Waals surface area contributed by atoms with Gasteiger partial charge in [0.1, 0.15) is 0 Å². The monoisotopic (exact) mass is 340 g/mol. The van der Waals surface area contributed by atoms with Gasteiger partial charge in [0.25, 0.3) is 0 Å². The third-order valence-electron chi connectivity index (χ3n) is 3.73. The van der Waals surface area contributed by atoms with Crippen LogP contribution in [0, 0.1) is 0 Å². The smallest absolute Gasteiger partial charge is 0.315 e. The van der Waals surface area contributed by atoms with E-state index in [1.165, 1.54) is 0 Å². The van der Waals surface area contributed by atoms with E-state index in [9.17, 15) is 9.90 Å². The molecule has 0 saturated heterocycles. The molecule has 0 radical (unpaired) electrons. The molecule has 1 saturated carbocycles. The molecule has 2 rings (SSSR count). The van der Waals surface area contributed by atoms with Crippen molar-refractivity contribution in [2.45, 2.75) is 50.8 Å². The molecule has 1 fully saturated rings. The molecular formula is C15H21BrN2O2. The van der Waals surface area contributed by atoms with Gasteiger partial charge in [-0.1, -0.05) is 28.1 Å². The molecule has 1 aliphatic carbocycles. The minimum atomic E-state index is -0.197. The van der Waals surface area contributed by atoms with E-state index in [0.29, 0.717) is 0 Å². The van der Waals surface area contributed by atoms with E-state index in [4.69, 9.17) is 0 Å². The molecule has 1 aliphatic rings. The van der Waals surface area contributed by atoms with Crippen LogP contribution in [0.2, 0.25) is 0 Å². The first-order valence-electron chi connectivity index (χ1n) is 7.05. The molecule has 0 bridgehead atoms. The van der Waals surface area contributed by atoms with Crippen LogP contribution in [0.3, 0.4) is 0 Å². The second kappa shape index (κ2) is 7.09. The molecule has 0 spiro atoms. The van der Waals surface area contributed by atoms with Gasteiger partial charge < -0.3 is 15.7 Å². The Kier molecular flexibility index (Phi) is 5.43. The Morgan fingerprint density at radius 3 is 2.70 bits per heavy atom. The standard InChI is InChI=1S/C15H21BrN2O2/c1-10(11-3-2-4-12(16)9-11)17-15(20)18-13-5-7-14(19)8-6-13/h2-4,9-10,13-14,19H,5-8H2,1H3,(H2,17,18,20). The first-order valence-corrected chi connectivity index (χ1v) is 7.84. The Hall–Kier alpha value is -1.07. The number of benzene rings is 1. The van der Waals surface area contributed by atoms with Crippen molar-refractivity contribution < 1.29 is 9.90 Å². The number of hydrogen-bond donors (Lipinski definition) is 3. The van der Waals surface area contributed by atoms with Crippen LogP contribution >= 0.6 is 15.9 Å². The number of urea groups is 1. The minimum absolute atomic E-state index is 0.0401. The number of rotatable bonds is 3. The highest BCUT2D eigenvalue weighted by Gasteiger charge is 2.21. The van der Waals surface area contributed by atoms with Gasteiger partial charge in [-0.25, -0.2) is 4.79 Å². The number of amides is 2. The van der Waals surface area contributed by atoms with Crippen molar-refractivity contribution in [1.29, 1.82) is 0 Å². The number of carbonyl (C=O) groups excluding carboxylic acids is 1. The Balaban J connectivity index is 1.82. The zero-order valence-electron chi connectivity index (χ0n) is 11.6. The maximum absolute atomic E-state index is 12.0. The molecule has 3 N–H and O–H groups in total. The second-order valence-electron chi connectivity index (χ2n) is 5.40. The summed E-state index contributed by atoms with van der Waals surface area (Å²) in [7, 11) is 0. The topological polar surface area (TPSA) is 61.4 Å². The predicted octanol–water partition coefficient (Wildman–Crippen LogP) is 3.11. The fourth-order valence-electron chi connectivity index (χ4n) is 2.50. The summed E-state index contributed by atoms with van der Waals surface area (Å²) in [4.78, 5) is 12.0. The Bertz CT molecular complexity index is 459. The quantitative estimate of drug-likeness (QED) is 0.791. The van der Waals surface area contributed by atoms with Crippen LogP contribution in [0.25, 0.3) is 0 Å². The number of hydrogen-bond acceptors (Lipinski definition) is 2. The SMILES string of the molecule is CC(NC(=O)NC1CCC(O)CC1)c1cccc(Br)c1. The fourth-order valence-corrected chi connectivity index (χ4v) is 2.92. The van der Waals surface area contributed by atoms with E-state index in [1.54, 1.807) is 0 Å². The summed E-state index contributed by atoms with van der Waals surface area (Å²) >= 11 is 3.43. The van der Waals surface area contributed by atoms with Gasteiger partial charge in [-0.15, -0.1) is 0 Å². The van der Waals surface area contributed by atoms with Crippen LogP contribution < -0.4 is 10.6 Å².